The van der Waals surface area contributed by atoms with Crippen LogP contribution in [0.5, 0.6) is 0 Å². The molecule has 1 rings (SSSR count). The fourth-order valence-electron chi connectivity index (χ4n) is 2.06. The summed E-state index contributed by atoms with van der Waals surface area (Å²) in [6, 6.07) is 0. The Bertz CT molecular complexity index is 330. The van der Waals surface area contributed by atoms with Crippen molar-refractivity contribution in [2.45, 2.75) is 31.6 Å². The normalized spacial score (nSPS) is 18.9. The van der Waals surface area contributed by atoms with Crippen LogP contribution >= 0.6 is 12.4 Å². The lowest BCUT2D eigenvalue weighted by atomic mass is 9.85. The number of carbonyl (C=O) groups is 1. The Labute approximate surface area is 117 Å². The van der Waals surface area contributed by atoms with Crippen LogP contribution in [-0.2, 0) is 4.79 Å². The van der Waals surface area contributed by atoms with Crippen molar-refractivity contribution in [2.75, 3.05) is 19.6 Å². The van der Waals surface area contributed by atoms with Crippen molar-refractivity contribution in [3.8, 4) is 0 Å². The molecule has 1 fully saturated rings. The van der Waals surface area contributed by atoms with E-state index in [1.807, 2.05) is 0 Å². The predicted molar refractivity (Wildman–Crippen MR) is 61.3 cm³/mol. The van der Waals surface area contributed by atoms with Gasteiger partial charge in [-0.15, -0.1) is 12.4 Å². The summed E-state index contributed by atoms with van der Waals surface area (Å²) in [7, 11) is 0. The molecule has 0 aromatic carbocycles. The second-order valence-electron chi connectivity index (χ2n) is 4.54. The molecule has 1 aliphatic rings. The maximum atomic E-state index is 12.7. The van der Waals surface area contributed by atoms with E-state index in [1.165, 1.54) is 0 Å². The molecule has 10 heteroatoms. The maximum Gasteiger partial charge on any atom is 0.404 e. The van der Waals surface area contributed by atoms with Crippen LogP contribution in [0, 0.1) is 5.41 Å². The van der Waals surface area contributed by atoms with Crippen molar-refractivity contribution in [3.05, 3.63) is 0 Å². The first-order valence-corrected chi connectivity index (χ1v) is 5.66. The minimum atomic E-state index is -5.42. The lowest BCUT2D eigenvalue weighted by Gasteiger charge is -2.33. The van der Waals surface area contributed by atoms with E-state index in [0.717, 1.165) is 0 Å². The van der Waals surface area contributed by atoms with Gasteiger partial charge in [-0.1, -0.05) is 0 Å². The van der Waals surface area contributed by atoms with Crippen molar-refractivity contribution >= 4 is 18.3 Å². The van der Waals surface area contributed by atoms with E-state index in [9.17, 15) is 31.1 Å². The Morgan fingerprint density at radius 1 is 1.15 bits per heavy atom. The third kappa shape index (κ3) is 3.49. The summed E-state index contributed by atoms with van der Waals surface area (Å²) in [4.78, 5) is 12.1. The van der Waals surface area contributed by atoms with Crippen LogP contribution in [0.15, 0.2) is 0 Å². The Hall–Kier alpha value is -0.700. The van der Waals surface area contributed by atoms with E-state index >= 15 is 0 Å². The number of amides is 1. The molecule has 1 saturated heterocycles. The molecule has 0 radical (unpaired) electrons. The largest absolute Gasteiger partial charge is 0.404 e. The van der Waals surface area contributed by atoms with Gasteiger partial charge in [-0.25, -0.2) is 0 Å². The first kappa shape index (κ1) is 19.3. The van der Waals surface area contributed by atoms with Gasteiger partial charge in [0, 0.05) is 19.5 Å². The Kier molecular flexibility index (Phi) is 6.16. The molecule has 120 valence electrons. The number of nitrogens with two attached hydrogens (primary N) is 1. The standard InChI is InChI=1S/C10H14F6N2O.ClH/c11-9(12,13)8(10(14,15)16)3-5-18(6-8)7(19)2-1-4-17;/h1-6,17H2;1H. The van der Waals surface area contributed by atoms with Gasteiger partial charge >= 0.3 is 12.4 Å². The SMILES string of the molecule is Cl.NCCCC(=O)N1CCC(C(F)(F)F)(C(F)(F)F)C1. The Morgan fingerprint density at radius 2 is 1.65 bits per heavy atom. The number of likely N-dealkylation sites (tertiary alicyclic amines) is 1. The number of hydrogen-bond donors (Lipinski definition) is 1. The van der Waals surface area contributed by atoms with E-state index in [0.29, 0.717) is 4.90 Å². The molecule has 2 N–H and O–H groups in total. The van der Waals surface area contributed by atoms with Crippen molar-refractivity contribution in [2.24, 2.45) is 11.1 Å². The summed E-state index contributed by atoms with van der Waals surface area (Å²) >= 11 is 0. The molecule has 0 saturated carbocycles. The number of hydrogen-bond acceptors (Lipinski definition) is 2. The van der Waals surface area contributed by atoms with Crippen LogP contribution < -0.4 is 5.73 Å². The van der Waals surface area contributed by atoms with Crippen molar-refractivity contribution in [3.63, 3.8) is 0 Å². The molecule has 1 aliphatic heterocycles. The van der Waals surface area contributed by atoms with Gasteiger partial charge in [0.15, 0.2) is 5.41 Å². The zero-order valence-corrected chi connectivity index (χ0v) is 11.2. The number of alkyl halides is 6. The number of nitrogens with zero attached hydrogens (tertiary/aromatic N) is 1. The van der Waals surface area contributed by atoms with Crippen LogP contribution in [0.4, 0.5) is 26.3 Å². The average molecular weight is 329 g/mol. The van der Waals surface area contributed by atoms with Crippen LogP contribution in [0.1, 0.15) is 19.3 Å². The number of halogens is 7. The summed E-state index contributed by atoms with van der Waals surface area (Å²) in [5.41, 5.74) is 1.33. The van der Waals surface area contributed by atoms with E-state index in [1.54, 1.807) is 0 Å². The van der Waals surface area contributed by atoms with Crippen molar-refractivity contribution < 1.29 is 31.1 Å². The highest BCUT2D eigenvalue weighted by molar-refractivity contribution is 5.85. The summed E-state index contributed by atoms with van der Waals surface area (Å²) in [6.45, 7) is -1.74. The second-order valence-corrected chi connectivity index (χ2v) is 4.54. The topological polar surface area (TPSA) is 46.3 Å². The zero-order valence-electron chi connectivity index (χ0n) is 10.4. The molecular weight excluding hydrogens is 314 g/mol. The molecule has 0 aliphatic carbocycles. The minimum absolute atomic E-state index is 0. The quantitative estimate of drug-likeness (QED) is 0.809. The summed E-state index contributed by atoms with van der Waals surface area (Å²) in [6.07, 6.45) is -11.9. The van der Waals surface area contributed by atoms with Crippen LogP contribution in [-0.4, -0.2) is 42.8 Å². The monoisotopic (exact) mass is 328 g/mol. The van der Waals surface area contributed by atoms with Gasteiger partial charge in [-0.05, 0) is 19.4 Å². The Morgan fingerprint density at radius 3 is 2.00 bits per heavy atom. The van der Waals surface area contributed by atoms with E-state index in [-0.39, 0.29) is 31.8 Å². The molecule has 0 aromatic rings. The highest BCUT2D eigenvalue weighted by atomic mass is 35.5. The van der Waals surface area contributed by atoms with Crippen LogP contribution in [0.2, 0.25) is 0 Å². The van der Waals surface area contributed by atoms with Gasteiger partial charge in [0.25, 0.3) is 0 Å². The van der Waals surface area contributed by atoms with Gasteiger partial charge in [0.05, 0.1) is 0 Å². The molecular formula is C10H15ClF6N2O. The van der Waals surface area contributed by atoms with Crippen molar-refractivity contribution in [1.29, 1.82) is 0 Å². The predicted octanol–water partition coefficient (Wildman–Crippen LogP) is 2.49. The smallest absolute Gasteiger partial charge is 0.341 e. The van der Waals surface area contributed by atoms with Gasteiger partial charge in [-0.2, -0.15) is 26.3 Å². The second kappa shape index (κ2) is 6.38. The minimum Gasteiger partial charge on any atom is -0.341 e. The molecule has 3 nitrogen and oxygen atoms in total. The van der Waals surface area contributed by atoms with Gasteiger partial charge in [0.1, 0.15) is 0 Å². The van der Waals surface area contributed by atoms with Crippen LogP contribution in [0.25, 0.3) is 0 Å². The molecule has 0 spiro atoms. The van der Waals surface area contributed by atoms with Gasteiger partial charge in [-0.3, -0.25) is 4.79 Å². The number of rotatable bonds is 3. The Balaban J connectivity index is 0.00000361. The first-order valence-electron chi connectivity index (χ1n) is 5.66. The highest BCUT2D eigenvalue weighted by Gasteiger charge is 2.72. The van der Waals surface area contributed by atoms with Gasteiger partial charge in [0.2, 0.25) is 5.91 Å². The summed E-state index contributed by atoms with van der Waals surface area (Å²) < 4.78 is 76.3. The molecule has 0 aromatic heterocycles. The molecule has 1 heterocycles. The highest BCUT2D eigenvalue weighted by Crippen LogP contribution is 2.55. The molecule has 0 bridgehead atoms. The molecule has 0 unspecified atom stereocenters. The first-order chi connectivity index (χ1) is 8.55. The third-order valence-corrected chi connectivity index (χ3v) is 3.30. The summed E-state index contributed by atoms with van der Waals surface area (Å²) in [5.74, 6) is -0.721. The third-order valence-electron chi connectivity index (χ3n) is 3.30. The molecule has 0 atom stereocenters. The number of carbonyl (C=O) groups excluding carboxylic acids is 1. The van der Waals surface area contributed by atoms with E-state index in [4.69, 9.17) is 5.73 Å². The lowest BCUT2D eigenvalue weighted by Crippen LogP contribution is -2.52. The fraction of sp³-hybridized carbons (Fsp3) is 0.900. The molecule has 1 amide bonds. The van der Waals surface area contributed by atoms with Crippen LogP contribution in [0.3, 0.4) is 0 Å². The lowest BCUT2D eigenvalue weighted by molar-refractivity contribution is -0.334. The van der Waals surface area contributed by atoms with E-state index in [2.05, 4.69) is 0 Å². The summed E-state index contributed by atoms with van der Waals surface area (Å²) in [5, 5.41) is 0. The zero-order chi connectivity index (χ0) is 14.9. The maximum absolute atomic E-state index is 12.7. The average Bonchev–Trinajstić information content (AvgIpc) is 2.70. The van der Waals surface area contributed by atoms with Crippen molar-refractivity contribution in [1.82, 2.24) is 4.90 Å². The van der Waals surface area contributed by atoms with Gasteiger partial charge < -0.3 is 10.6 Å². The fourth-order valence-corrected chi connectivity index (χ4v) is 2.06. The van der Waals surface area contributed by atoms with E-state index < -0.39 is 43.2 Å². The molecule has 20 heavy (non-hydrogen) atoms.